The number of thiazole rings is 1. The summed E-state index contributed by atoms with van der Waals surface area (Å²) in [5, 5.41) is 2.75. The molecule has 0 spiro atoms. The van der Waals surface area contributed by atoms with E-state index in [1.165, 1.54) is 29.5 Å². The van der Waals surface area contributed by atoms with Crippen molar-refractivity contribution in [1.29, 1.82) is 0 Å². The molecule has 0 aliphatic carbocycles. The number of nitrogens with zero attached hydrogens (tertiary/aromatic N) is 1. The van der Waals surface area contributed by atoms with Crippen LogP contribution < -0.4 is 11.1 Å². The number of para-hydroxylation sites is 1. The van der Waals surface area contributed by atoms with E-state index in [1.54, 1.807) is 17.6 Å². The van der Waals surface area contributed by atoms with Gasteiger partial charge < -0.3 is 11.1 Å². The quantitative estimate of drug-likeness (QED) is 0.678. The minimum absolute atomic E-state index is 0.0359. The molecule has 1 aromatic heterocycles. The second-order valence-electron chi connectivity index (χ2n) is 4.39. The third-order valence-corrected chi connectivity index (χ3v) is 3.84. The van der Waals surface area contributed by atoms with Crippen molar-refractivity contribution in [3.63, 3.8) is 0 Å². The van der Waals surface area contributed by atoms with Gasteiger partial charge in [0.15, 0.2) is 0 Å². The van der Waals surface area contributed by atoms with E-state index in [9.17, 15) is 13.2 Å². The highest BCUT2D eigenvalue weighted by Crippen LogP contribution is 2.38. The van der Waals surface area contributed by atoms with Crippen molar-refractivity contribution in [1.82, 2.24) is 4.98 Å². The Morgan fingerprint density at radius 2 is 1.81 bits per heavy atom. The van der Waals surface area contributed by atoms with Gasteiger partial charge in [0.1, 0.15) is 5.52 Å². The maximum Gasteiger partial charge on any atom is 0.418 e. The monoisotopic (exact) mass is 309 g/mol. The number of halogens is 3. The number of fused-ring (bicyclic) bond motifs is 1. The van der Waals surface area contributed by atoms with Gasteiger partial charge >= 0.3 is 6.18 Å². The van der Waals surface area contributed by atoms with Crippen LogP contribution in [-0.2, 0) is 6.18 Å². The number of rotatable bonds is 2. The molecule has 0 unspecified atom stereocenters. The number of alkyl halides is 3. The van der Waals surface area contributed by atoms with Gasteiger partial charge in [0.2, 0.25) is 0 Å². The first-order valence-electron chi connectivity index (χ1n) is 6.02. The molecule has 1 heterocycles. The summed E-state index contributed by atoms with van der Waals surface area (Å²) in [4.78, 5) is 4.12. The van der Waals surface area contributed by atoms with Crippen LogP contribution in [0.25, 0.3) is 10.2 Å². The van der Waals surface area contributed by atoms with Crippen molar-refractivity contribution in [2.75, 3.05) is 11.1 Å². The van der Waals surface area contributed by atoms with Crippen LogP contribution in [0.4, 0.5) is 30.2 Å². The summed E-state index contributed by atoms with van der Waals surface area (Å²) in [6, 6.07) is 8.72. The lowest BCUT2D eigenvalue weighted by atomic mass is 10.1. The van der Waals surface area contributed by atoms with Gasteiger partial charge in [-0.05, 0) is 24.3 Å². The summed E-state index contributed by atoms with van der Waals surface area (Å²) >= 11 is 1.43. The molecule has 3 aromatic rings. The molecule has 0 bridgehead atoms. The van der Waals surface area contributed by atoms with Gasteiger partial charge in [0.05, 0.1) is 32.8 Å². The molecule has 7 heteroatoms. The second kappa shape index (κ2) is 4.92. The van der Waals surface area contributed by atoms with E-state index in [0.29, 0.717) is 16.9 Å². The number of nitrogen functional groups attached to an aromatic ring is 1. The number of hydrogen-bond acceptors (Lipinski definition) is 4. The molecule has 0 amide bonds. The smallest absolute Gasteiger partial charge is 0.395 e. The standard InChI is InChI=1S/C14H10F3N3S/c15-14(16,17)8-3-1-2-4-9(8)20-10-5-6-11-13(12(10)18)19-7-21-11/h1-7,20H,18H2. The van der Waals surface area contributed by atoms with Crippen molar-refractivity contribution >= 4 is 38.6 Å². The topological polar surface area (TPSA) is 50.9 Å². The molecular weight excluding hydrogens is 299 g/mol. The average molecular weight is 309 g/mol. The van der Waals surface area contributed by atoms with Crippen LogP contribution in [0.15, 0.2) is 41.9 Å². The minimum atomic E-state index is -4.43. The normalized spacial score (nSPS) is 11.8. The largest absolute Gasteiger partial charge is 0.418 e. The molecular formula is C14H10F3N3S. The molecule has 0 aliphatic heterocycles. The SMILES string of the molecule is Nc1c(Nc2ccccc2C(F)(F)F)ccc2scnc12. The van der Waals surface area contributed by atoms with Crippen LogP contribution in [0.1, 0.15) is 5.56 Å². The fourth-order valence-corrected chi connectivity index (χ4v) is 2.74. The number of hydrogen-bond donors (Lipinski definition) is 2. The highest BCUT2D eigenvalue weighted by molar-refractivity contribution is 7.16. The lowest BCUT2D eigenvalue weighted by molar-refractivity contribution is -0.136. The summed E-state index contributed by atoms with van der Waals surface area (Å²) in [6.07, 6.45) is -4.43. The second-order valence-corrected chi connectivity index (χ2v) is 5.28. The molecule has 3 nitrogen and oxygen atoms in total. The summed E-state index contributed by atoms with van der Waals surface area (Å²) in [7, 11) is 0. The van der Waals surface area contributed by atoms with Crippen LogP contribution in [0, 0.1) is 0 Å². The first kappa shape index (κ1) is 13.7. The number of benzene rings is 2. The van der Waals surface area contributed by atoms with E-state index in [2.05, 4.69) is 10.3 Å². The molecule has 3 rings (SSSR count). The van der Waals surface area contributed by atoms with Gasteiger partial charge in [0, 0.05) is 0 Å². The lowest BCUT2D eigenvalue weighted by Gasteiger charge is -2.15. The third-order valence-electron chi connectivity index (χ3n) is 3.04. The van der Waals surface area contributed by atoms with Gasteiger partial charge in [-0.3, -0.25) is 0 Å². The van der Waals surface area contributed by atoms with E-state index in [4.69, 9.17) is 5.73 Å². The highest BCUT2D eigenvalue weighted by atomic mass is 32.1. The Morgan fingerprint density at radius 1 is 1.05 bits per heavy atom. The summed E-state index contributed by atoms with van der Waals surface area (Å²) in [5.74, 6) is 0. The third kappa shape index (κ3) is 2.52. The van der Waals surface area contributed by atoms with Crippen LogP contribution in [0.3, 0.4) is 0 Å². The van der Waals surface area contributed by atoms with Crippen molar-refractivity contribution in [3.8, 4) is 0 Å². The zero-order valence-electron chi connectivity index (χ0n) is 10.6. The Labute approximate surface area is 122 Å². The predicted molar refractivity (Wildman–Crippen MR) is 78.8 cm³/mol. The van der Waals surface area contributed by atoms with Crippen molar-refractivity contribution in [2.24, 2.45) is 0 Å². The van der Waals surface area contributed by atoms with Crippen LogP contribution >= 0.6 is 11.3 Å². The summed E-state index contributed by atoms with van der Waals surface area (Å²) in [5.41, 5.74) is 8.19. The van der Waals surface area contributed by atoms with Crippen LogP contribution in [0.5, 0.6) is 0 Å². The van der Waals surface area contributed by atoms with E-state index >= 15 is 0 Å². The minimum Gasteiger partial charge on any atom is -0.395 e. The average Bonchev–Trinajstić information content (AvgIpc) is 2.90. The first-order chi connectivity index (χ1) is 9.97. The van der Waals surface area contributed by atoms with E-state index < -0.39 is 11.7 Å². The van der Waals surface area contributed by atoms with E-state index in [1.807, 2.05) is 0 Å². The molecule has 0 radical (unpaired) electrons. The highest BCUT2D eigenvalue weighted by Gasteiger charge is 2.33. The molecule has 0 saturated heterocycles. The molecule has 108 valence electrons. The molecule has 0 saturated carbocycles. The lowest BCUT2D eigenvalue weighted by Crippen LogP contribution is -2.09. The summed E-state index contributed by atoms with van der Waals surface area (Å²) in [6.45, 7) is 0. The number of nitrogens with one attached hydrogen (secondary N) is 1. The van der Waals surface area contributed by atoms with Gasteiger partial charge in [-0.1, -0.05) is 12.1 Å². The van der Waals surface area contributed by atoms with E-state index in [0.717, 1.165) is 10.8 Å². The molecule has 2 aromatic carbocycles. The molecule has 21 heavy (non-hydrogen) atoms. The van der Waals surface area contributed by atoms with E-state index in [-0.39, 0.29) is 5.69 Å². The Morgan fingerprint density at radius 3 is 2.57 bits per heavy atom. The molecule has 0 aliphatic rings. The number of aromatic nitrogens is 1. The molecule has 3 N–H and O–H groups in total. The first-order valence-corrected chi connectivity index (χ1v) is 6.89. The molecule has 0 fully saturated rings. The van der Waals surface area contributed by atoms with Gasteiger partial charge in [-0.2, -0.15) is 13.2 Å². The number of anilines is 3. The maximum atomic E-state index is 13.0. The Kier molecular flexibility index (Phi) is 3.21. The molecule has 0 atom stereocenters. The maximum absolute atomic E-state index is 13.0. The Balaban J connectivity index is 2.05. The van der Waals surface area contributed by atoms with Crippen molar-refractivity contribution in [3.05, 3.63) is 47.5 Å². The Hall–Kier alpha value is -2.28. The zero-order valence-corrected chi connectivity index (χ0v) is 11.4. The zero-order chi connectivity index (χ0) is 15.0. The van der Waals surface area contributed by atoms with Gasteiger partial charge in [-0.25, -0.2) is 4.98 Å². The fraction of sp³-hybridized carbons (Fsp3) is 0.0714. The van der Waals surface area contributed by atoms with Crippen LogP contribution in [0.2, 0.25) is 0 Å². The fourth-order valence-electron chi connectivity index (χ4n) is 2.05. The number of nitrogens with two attached hydrogens (primary N) is 1. The van der Waals surface area contributed by atoms with Gasteiger partial charge in [-0.15, -0.1) is 11.3 Å². The summed E-state index contributed by atoms with van der Waals surface area (Å²) < 4.78 is 39.8. The van der Waals surface area contributed by atoms with Gasteiger partial charge in [0.25, 0.3) is 0 Å². The Bertz CT molecular complexity index is 796. The van der Waals surface area contributed by atoms with Crippen molar-refractivity contribution in [2.45, 2.75) is 6.18 Å². The van der Waals surface area contributed by atoms with Crippen molar-refractivity contribution < 1.29 is 13.2 Å². The van der Waals surface area contributed by atoms with Crippen LogP contribution in [-0.4, -0.2) is 4.98 Å². The predicted octanol–water partition coefficient (Wildman–Crippen LogP) is 4.64.